The van der Waals surface area contributed by atoms with E-state index in [9.17, 15) is 19.5 Å². The molecule has 9 nitrogen and oxygen atoms in total. The number of likely N-dealkylation sites (tertiary alicyclic amines) is 1. The number of hydrogen-bond donors (Lipinski definition) is 3. The van der Waals surface area contributed by atoms with Crippen molar-refractivity contribution in [3.05, 3.63) is 53.7 Å². The van der Waals surface area contributed by atoms with Gasteiger partial charge in [-0.3, -0.25) is 9.59 Å². The summed E-state index contributed by atoms with van der Waals surface area (Å²) in [4.78, 5) is 42.7. The number of amides is 2. The molecule has 1 aromatic carbocycles. The summed E-state index contributed by atoms with van der Waals surface area (Å²) in [6, 6.07) is 6.75. The lowest BCUT2D eigenvalue weighted by Gasteiger charge is -2.25. The van der Waals surface area contributed by atoms with Crippen LogP contribution in [0.5, 0.6) is 0 Å². The lowest BCUT2D eigenvalue weighted by atomic mass is 10.1. The number of carbonyl (C=O) groups is 3. The summed E-state index contributed by atoms with van der Waals surface area (Å²) in [6.45, 7) is 2.07. The van der Waals surface area contributed by atoms with Crippen LogP contribution in [0.15, 0.2) is 41.0 Å². The zero-order valence-corrected chi connectivity index (χ0v) is 16.1. The molecule has 0 spiro atoms. The fourth-order valence-electron chi connectivity index (χ4n) is 3.34. The van der Waals surface area contributed by atoms with Gasteiger partial charge in [-0.05, 0) is 25.3 Å². The predicted octanol–water partition coefficient (Wildman–Crippen LogP) is 1.11. The van der Waals surface area contributed by atoms with Crippen molar-refractivity contribution in [2.75, 3.05) is 6.54 Å². The number of nitrogens with two attached hydrogens (primary N) is 1. The van der Waals surface area contributed by atoms with Gasteiger partial charge in [-0.15, -0.1) is 0 Å². The quantitative estimate of drug-likeness (QED) is 0.633. The molecule has 1 saturated heterocycles. The van der Waals surface area contributed by atoms with Crippen LogP contribution in [0.4, 0.5) is 0 Å². The normalized spacial score (nSPS) is 18.3. The second-order valence-electron chi connectivity index (χ2n) is 7.11. The molecule has 154 valence electrons. The van der Waals surface area contributed by atoms with E-state index in [-0.39, 0.29) is 18.0 Å². The van der Waals surface area contributed by atoms with Gasteiger partial charge in [0.1, 0.15) is 18.3 Å². The van der Waals surface area contributed by atoms with E-state index in [0.29, 0.717) is 19.4 Å². The Morgan fingerprint density at radius 1 is 1.34 bits per heavy atom. The van der Waals surface area contributed by atoms with Gasteiger partial charge in [-0.2, -0.15) is 0 Å². The molecule has 9 heteroatoms. The molecular formula is C20H24N4O5. The lowest BCUT2D eigenvalue weighted by molar-refractivity contribution is -0.142. The van der Waals surface area contributed by atoms with Crippen LogP contribution in [0.25, 0.3) is 0 Å². The van der Waals surface area contributed by atoms with Crippen LogP contribution in [0, 0.1) is 0 Å². The minimum Gasteiger partial charge on any atom is -0.480 e. The van der Waals surface area contributed by atoms with Gasteiger partial charge in [0.15, 0.2) is 5.69 Å². The maximum absolute atomic E-state index is 12.8. The highest BCUT2D eigenvalue weighted by Crippen LogP contribution is 2.21. The molecule has 1 aliphatic rings. The van der Waals surface area contributed by atoms with Crippen molar-refractivity contribution in [3.63, 3.8) is 0 Å². The molecule has 0 saturated carbocycles. The molecule has 1 aromatic heterocycles. The smallest absolute Gasteiger partial charge is 0.326 e. The van der Waals surface area contributed by atoms with Crippen LogP contribution in [0.3, 0.4) is 0 Å². The van der Waals surface area contributed by atoms with E-state index in [1.54, 1.807) is 19.1 Å². The summed E-state index contributed by atoms with van der Waals surface area (Å²) < 4.78 is 5.20. The summed E-state index contributed by atoms with van der Waals surface area (Å²) in [5.41, 5.74) is 6.58. The summed E-state index contributed by atoms with van der Waals surface area (Å²) in [5, 5.41) is 12.1. The number of carboxylic acids is 1. The fraction of sp³-hybridized carbons (Fsp3) is 0.400. The van der Waals surface area contributed by atoms with E-state index in [1.165, 1.54) is 11.2 Å². The minimum atomic E-state index is -1.13. The number of carbonyl (C=O) groups excluding carboxylic acids is 2. The van der Waals surface area contributed by atoms with Crippen LogP contribution in [0.1, 0.15) is 47.7 Å². The van der Waals surface area contributed by atoms with Crippen molar-refractivity contribution < 1.29 is 23.9 Å². The molecule has 29 heavy (non-hydrogen) atoms. The zero-order chi connectivity index (χ0) is 21.0. The lowest BCUT2D eigenvalue weighted by Crippen LogP contribution is -2.51. The number of nitrogens with one attached hydrogen (secondary N) is 1. The van der Waals surface area contributed by atoms with Gasteiger partial charge < -0.3 is 25.5 Å². The molecule has 2 heterocycles. The van der Waals surface area contributed by atoms with Gasteiger partial charge in [-0.1, -0.05) is 30.3 Å². The maximum atomic E-state index is 12.8. The Morgan fingerprint density at radius 2 is 2.07 bits per heavy atom. The first-order valence-corrected chi connectivity index (χ1v) is 9.46. The molecule has 3 atom stereocenters. The number of aromatic nitrogens is 1. The molecule has 1 aliphatic heterocycles. The number of carboxylic acid groups (broad SMARTS) is 1. The van der Waals surface area contributed by atoms with Crippen LogP contribution >= 0.6 is 0 Å². The molecule has 3 rings (SSSR count). The van der Waals surface area contributed by atoms with E-state index >= 15 is 0 Å². The standard InChI is InChI=1S/C20H24N4O5/c1-12(21)18-23-15(11-29-18)19(26)24-9-5-8-16(24)17(25)22-14(20(27)28)10-13-6-3-2-4-7-13/h2-4,6-7,11-12,14,16H,5,8-10,21H2,1H3,(H,22,25)(H,27,28)/t12-,14-,16-/m0/s1. The van der Waals surface area contributed by atoms with Crippen molar-refractivity contribution in [1.29, 1.82) is 0 Å². The van der Waals surface area contributed by atoms with Crippen molar-refractivity contribution in [1.82, 2.24) is 15.2 Å². The summed E-state index contributed by atoms with van der Waals surface area (Å²) in [7, 11) is 0. The van der Waals surface area contributed by atoms with Crippen molar-refractivity contribution in [3.8, 4) is 0 Å². The summed E-state index contributed by atoms with van der Waals surface area (Å²) in [6.07, 6.45) is 2.47. The Morgan fingerprint density at radius 3 is 2.69 bits per heavy atom. The van der Waals surface area contributed by atoms with Gasteiger partial charge >= 0.3 is 5.97 Å². The average Bonchev–Trinajstić information content (AvgIpc) is 3.37. The molecule has 2 aromatic rings. The van der Waals surface area contributed by atoms with Crippen LogP contribution < -0.4 is 11.1 Å². The van der Waals surface area contributed by atoms with E-state index in [0.717, 1.165) is 5.56 Å². The van der Waals surface area contributed by atoms with E-state index in [2.05, 4.69) is 10.3 Å². The van der Waals surface area contributed by atoms with Crippen molar-refractivity contribution in [2.24, 2.45) is 5.73 Å². The molecular weight excluding hydrogens is 376 g/mol. The molecule has 0 radical (unpaired) electrons. The monoisotopic (exact) mass is 400 g/mol. The molecule has 0 aliphatic carbocycles. The fourth-order valence-corrected chi connectivity index (χ4v) is 3.34. The Kier molecular flexibility index (Phi) is 6.28. The number of nitrogens with zero attached hydrogens (tertiary/aromatic N) is 2. The average molecular weight is 400 g/mol. The summed E-state index contributed by atoms with van der Waals surface area (Å²) >= 11 is 0. The van der Waals surface area contributed by atoms with Gasteiger partial charge in [0, 0.05) is 13.0 Å². The Balaban J connectivity index is 1.69. The largest absolute Gasteiger partial charge is 0.480 e. The molecule has 1 fully saturated rings. The van der Waals surface area contributed by atoms with Crippen LogP contribution in [0.2, 0.25) is 0 Å². The number of benzene rings is 1. The highest BCUT2D eigenvalue weighted by molar-refractivity contribution is 5.97. The highest BCUT2D eigenvalue weighted by atomic mass is 16.4. The molecule has 0 unspecified atom stereocenters. The number of rotatable bonds is 7. The van der Waals surface area contributed by atoms with Gasteiger partial charge in [-0.25, -0.2) is 9.78 Å². The Hall–Kier alpha value is -3.20. The second kappa shape index (κ2) is 8.87. The van der Waals surface area contributed by atoms with E-state index < -0.39 is 35.9 Å². The zero-order valence-electron chi connectivity index (χ0n) is 16.1. The first-order chi connectivity index (χ1) is 13.9. The number of hydrogen-bond acceptors (Lipinski definition) is 6. The maximum Gasteiger partial charge on any atom is 0.326 e. The second-order valence-corrected chi connectivity index (χ2v) is 7.11. The Bertz CT molecular complexity index is 880. The van der Waals surface area contributed by atoms with Crippen LogP contribution in [-0.2, 0) is 16.0 Å². The highest BCUT2D eigenvalue weighted by Gasteiger charge is 2.37. The first-order valence-electron chi connectivity index (χ1n) is 9.46. The van der Waals surface area contributed by atoms with Crippen molar-refractivity contribution in [2.45, 2.75) is 44.3 Å². The number of aliphatic carboxylic acids is 1. The third kappa shape index (κ3) is 4.80. The molecule has 2 amide bonds. The van der Waals surface area contributed by atoms with Gasteiger partial charge in [0.25, 0.3) is 5.91 Å². The molecule has 0 bridgehead atoms. The summed E-state index contributed by atoms with van der Waals surface area (Å²) in [5.74, 6) is -1.82. The SMILES string of the molecule is C[C@H](N)c1nc(C(=O)N2CCC[C@H]2C(=O)N[C@@H](Cc2ccccc2)C(=O)O)co1. The minimum absolute atomic E-state index is 0.0797. The van der Waals surface area contributed by atoms with Crippen molar-refractivity contribution >= 4 is 17.8 Å². The van der Waals surface area contributed by atoms with Gasteiger partial charge in [0.2, 0.25) is 11.8 Å². The predicted molar refractivity (Wildman–Crippen MR) is 103 cm³/mol. The Labute approximate surface area is 167 Å². The first kappa shape index (κ1) is 20.5. The topological polar surface area (TPSA) is 139 Å². The third-order valence-electron chi connectivity index (χ3n) is 4.84. The number of oxazole rings is 1. The van der Waals surface area contributed by atoms with E-state index in [4.69, 9.17) is 10.2 Å². The van der Waals surface area contributed by atoms with Gasteiger partial charge in [0.05, 0.1) is 6.04 Å². The third-order valence-corrected chi connectivity index (χ3v) is 4.84. The van der Waals surface area contributed by atoms with Crippen LogP contribution in [-0.4, -0.2) is 51.4 Å². The molecule has 4 N–H and O–H groups in total. The van der Waals surface area contributed by atoms with E-state index in [1.807, 2.05) is 18.2 Å².